The molecule has 0 saturated heterocycles. The molecule has 188 valence electrons. The van der Waals surface area contributed by atoms with Gasteiger partial charge in [-0.3, -0.25) is 0 Å². The van der Waals surface area contributed by atoms with E-state index in [1.807, 2.05) is 56.3 Å². The maximum Gasteiger partial charge on any atom is 0.404 e. The number of hydrogen-bond donors (Lipinski definition) is 5. The van der Waals surface area contributed by atoms with Crippen LogP contribution in [0, 0.1) is 5.92 Å². The Bertz CT molecular complexity index is 1100. The van der Waals surface area contributed by atoms with Crippen LogP contribution in [0.2, 0.25) is 0 Å². The molecule has 0 radical (unpaired) electrons. The highest BCUT2D eigenvalue weighted by Crippen LogP contribution is 2.29. The fourth-order valence-corrected chi connectivity index (χ4v) is 3.85. The summed E-state index contributed by atoms with van der Waals surface area (Å²) in [6.07, 6.45) is 1.44. The molecular formula is C26H36N6O3. The number of ether oxygens (including phenoxy) is 1. The second kappa shape index (κ2) is 12.8. The van der Waals surface area contributed by atoms with Gasteiger partial charge in [-0.1, -0.05) is 13.8 Å². The summed E-state index contributed by atoms with van der Waals surface area (Å²) in [4.78, 5) is 20.7. The van der Waals surface area contributed by atoms with Crippen LogP contribution < -0.4 is 26.4 Å². The average molecular weight is 481 g/mol. The fraction of sp³-hybridized carbons (Fsp3) is 0.423. The van der Waals surface area contributed by atoms with Gasteiger partial charge in [0, 0.05) is 30.1 Å². The topological polar surface area (TPSA) is 134 Å². The largest absolute Gasteiger partial charge is 0.497 e. The lowest BCUT2D eigenvalue weighted by Crippen LogP contribution is -2.37. The summed E-state index contributed by atoms with van der Waals surface area (Å²) in [7, 11) is 1.65. The van der Waals surface area contributed by atoms with Crippen LogP contribution in [-0.2, 0) is 0 Å². The Morgan fingerprint density at radius 2 is 1.80 bits per heavy atom. The van der Waals surface area contributed by atoms with E-state index in [2.05, 4.69) is 16.0 Å². The van der Waals surface area contributed by atoms with E-state index in [1.165, 1.54) is 0 Å². The average Bonchev–Trinajstić information content (AvgIpc) is 2.85. The van der Waals surface area contributed by atoms with Gasteiger partial charge in [0.25, 0.3) is 0 Å². The lowest BCUT2D eigenvalue weighted by molar-refractivity contribution is 0.184. The fourth-order valence-electron chi connectivity index (χ4n) is 3.85. The summed E-state index contributed by atoms with van der Waals surface area (Å²) in [5.74, 6) is 2.57. The van der Waals surface area contributed by atoms with Gasteiger partial charge in [0.05, 0.1) is 18.3 Å². The van der Waals surface area contributed by atoms with Crippen LogP contribution in [0.25, 0.3) is 22.2 Å². The lowest BCUT2D eigenvalue weighted by atomic mass is 9.99. The van der Waals surface area contributed by atoms with Crippen molar-refractivity contribution in [3.63, 3.8) is 0 Å². The number of amides is 1. The molecule has 6 N–H and O–H groups in total. The molecule has 9 nitrogen and oxygen atoms in total. The number of benzene rings is 1. The highest BCUT2D eigenvalue weighted by atomic mass is 16.5. The molecule has 35 heavy (non-hydrogen) atoms. The molecule has 9 heteroatoms. The van der Waals surface area contributed by atoms with Gasteiger partial charge in [0.15, 0.2) is 0 Å². The van der Waals surface area contributed by atoms with Crippen molar-refractivity contribution in [3.8, 4) is 17.0 Å². The van der Waals surface area contributed by atoms with Gasteiger partial charge >= 0.3 is 6.09 Å². The summed E-state index contributed by atoms with van der Waals surface area (Å²) < 4.78 is 5.28. The highest BCUT2D eigenvalue weighted by Gasteiger charge is 2.15. The van der Waals surface area contributed by atoms with Crippen LogP contribution in [0.15, 0.2) is 42.5 Å². The summed E-state index contributed by atoms with van der Waals surface area (Å²) >= 11 is 0. The Kier molecular flexibility index (Phi) is 9.48. The summed E-state index contributed by atoms with van der Waals surface area (Å²) in [5, 5.41) is 19.3. The first-order valence-electron chi connectivity index (χ1n) is 12.0. The quantitative estimate of drug-likeness (QED) is 0.225. The minimum absolute atomic E-state index is 0.0702. The molecule has 0 aliphatic carbocycles. The number of carboxylic acid groups (broad SMARTS) is 1. The predicted octanol–water partition coefficient (Wildman–Crippen LogP) is 4.55. The monoisotopic (exact) mass is 480 g/mol. The predicted molar refractivity (Wildman–Crippen MR) is 141 cm³/mol. The Hall–Kier alpha value is -3.59. The number of carbonyl (C=O) groups is 1. The number of nitrogens with two attached hydrogens (primary N) is 1. The molecule has 1 atom stereocenters. The van der Waals surface area contributed by atoms with Crippen LogP contribution in [0.4, 0.5) is 16.4 Å². The molecule has 1 unspecified atom stereocenters. The van der Waals surface area contributed by atoms with E-state index in [-0.39, 0.29) is 12.0 Å². The molecule has 0 saturated carbocycles. The van der Waals surface area contributed by atoms with Crippen molar-refractivity contribution in [3.05, 3.63) is 42.5 Å². The van der Waals surface area contributed by atoms with Gasteiger partial charge in [-0.25, -0.2) is 14.8 Å². The van der Waals surface area contributed by atoms with Gasteiger partial charge in [-0.2, -0.15) is 0 Å². The minimum Gasteiger partial charge on any atom is -0.497 e. The maximum absolute atomic E-state index is 11.0. The number of fused-ring (bicyclic) bond motifs is 1. The number of methoxy groups -OCH3 is 1. The van der Waals surface area contributed by atoms with Crippen molar-refractivity contribution < 1.29 is 14.6 Å². The molecule has 2 heterocycles. The van der Waals surface area contributed by atoms with Crippen LogP contribution in [0.3, 0.4) is 0 Å². The first-order valence-corrected chi connectivity index (χ1v) is 12.0. The van der Waals surface area contributed by atoms with Crippen molar-refractivity contribution in [2.24, 2.45) is 11.7 Å². The third-order valence-electron chi connectivity index (χ3n) is 5.86. The number of anilines is 2. The van der Waals surface area contributed by atoms with E-state index in [9.17, 15) is 4.79 Å². The van der Waals surface area contributed by atoms with Crippen molar-refractivity contribution in [2.45, 2.75) is 39.2 Å². The third-order valence-corrected chi connectivity index (χ3v) is 5.86. The zero-order valence-electron chi connectivity index (χ0n) is 20.7. The maximum atomic E-state index is 11.0. The Labute approximate surface area is 206 Å². The van der Waals surface area contributed by atoms with Crippen LogP contribution >= 0.6 is 0 Å². The van der Waals surface area contributed by atoms with E-state index in [0.717, 1.165) is 65.4 Å². The van der Waals surface area contributed by atoms with Gasteiger partial charge < -0.3 is 31.5 Å². The zero-order chi connectivity index (χ0) is 25.2. The number of aromatic nitrogens is 2. The van der Waals surface area contributed by atoms with E-state index in [0.29, 0.717) is 13.1 Å². The van der Waals surface area contributed by atoms with Crippen molar-refractivity contribution >= 4 is 28.6 Å². The molecule has 3 rings (SSSR count). The van der Waals surface area contributed by atoms with Crippen molar-refractivity contribution in [2.75, 3.05) is 37.4 Å². The Morgan fingerprint density at radius 1 is 1.06 bits per heavy atom. The van der Waals surface area contributed by atoms with Gasteiger partial charge in [-0.15, -0.1) is 0 Å². The van der Waals surface area contributed by atoms with Crippen molar-refractivity contribution in [1.82, 2.24) is 15.3 Å². The van der Waals surface area contributed by atoms with Gasteiger partial charge in [-0.05, 0) is 74.2 Å². The molecule has 0 aliphatic heterocycles. The van der Waals surface area contributed by atoms with Crippen LogP contribution in [0.5, 0.6) is 5.75 Å². The van der Waals surface area contributed by atoms with Gasteiger partial charge in [0.1, 0.15) is 17.4 Å². The van der Waals surface area contributed by atoms with Gasteiger partial charge in [0.2, 0.25) is 0 Å². The molecule has 0 spiro atoms. The summed E-state index contributed by atoms with van der Waals surface area (Å²) in [5.41, 5.74) is 8.29. The zero-order valence-corrected chi connectivity index (χ0v) is 20.7. The molecule has 0 aliphatic rings. The number of rotatable bonds is 13. The molecular weight excluding hydrogens is 444 g/mol. The first-order chi connectivity index (χ1) is 16.9. The van der Waals surface area contributed by atoms with E-state index < -0.39 is 6.09 Å². The second-order valence-electron chi connectivity index (χ2n) is 8.79. The van der Waals surface area contributed by atoms with E-state index >= 15 is 0 Å². The molecule has 2 aromatic heterocycles. The molecule has 1 aromatic carbocycles. The van der Waals surface area contributed by atoms with E-state index in [1.54, 1.807) is 7.11 Å². The van der Waals surface area contributed by atoms with E-state index in [4.69, 9.17) is 25.5 Å². The second-order valence-corrected chi connectivity index (χ2v) is 8.79. The van der Waals surface area contributed by atoms with Crippen molar-refractivity contribution in [1.29, 1.82) is 0 Å². The third kappa shape index (κ3) is 7.45. The molecule has 3 aromatic rings. The minimum atomic E-state index is -0.981. The molecule has 0 bridgehead atoms. The SMILES string of the molecule is COc1ccc(-c2cc3nc(NCCCC(NC(=O)O)C(C)C)ccc3c(NCCCN)n2)cc1. The number of hydrogen-bond acceptors (Lipinski definition) is 7. The van der Waals surface area contributed by atoms with Crippen LogP contribution in [0.1, 0.15) is 33.1 Å². The van der Waals surface area contributed by atoms with Crippen LogP contribution in [-0.4, -0.2) is 54.0 Å². The first kappa shape index (κ1) is 26.0. The summed E-state index contributed by atoms with van der Waals surface area (Å²) in [6.45, 7) is 6.07. The molecule has 0 fully saturated rings. The highest BCUT2D eigenvalue weighted by molar-refractivity contribution is 5.93. The standard InChI is InChI=1S/C26H36N6O3/c1-17(2)21(32-26(33)34)6-4-14-28-24-12-11-20-23(30-24)16-22(31-25(20)29-15-5-13-27)18-7-9-19(35-3)10-8-18/h7-12,16-17,21,32H,4-6,13-15,27H2,1-3H3,(H,28,30)(H,29,31)(H,33,34). The Balaban J connectivity index is 1.78. The number of nitrogens with zero attached hydrogens (tertiary/aromatic N) is 2. The lowest BCUT2D eigenvalue weighted by Gasteiger charge is -2.20. The Morgan fingerprint density at radius 3 is 2.46 bits per heavy atom. The summed E-state index contributed by atoms with van der Waals surface area (Å²) in [6, 6.07) is 13.7. The normalized spacial score (nSPS) is 11.9. The molecule has 1 amide bonds. The number of pyridine rings is 2. The smallest absolute Gasteiger partial charge is 0.404 e. The number of nitrogens with one attached hydrogen (secondary N) is 3.